The van der Waals surface area contributed by atoms with Crippen LogP contribution in [0.15, 0.2) is 24.3 Å². The highest BCUT2D eigenvalue weighted by atomic mass is 19.4. The molecule has 1 aromatic rings. The van der Waals surface area contributed by atoms with Gasteiger partial charge in [0, 0.05) is 0 Å². The summed E-state index contributed by atoms with van der Waals surface area (Å²) in [6, 6.07) is 4.44. The van der Waals surface area contributed by atoms with E-state index in [4.69, 9.17) is 0 Å². The number of benzene rings is 1. The zero-order chi connectivity index (χ0) is 17.0. The van der Waals surface area contributed by atoms with Gasteiger partial charge in [0.25, 0.3) is 0 Å². The quantitative estimate of drug-likeness (QED) is 0.616. The molecule has 0 N–H and O–H groups in total. The van der Waals surface area contributed by atoms with Crippen molar-refractivity contribution in [1.82, 2.24) is 0 Å². The van der Waals surface area contributed by atoms with Gasteiger partial charge in [-0.1, -0.05) is 0 Å². The molecular weight excluding hydrogens is 315 g/mol. The molecule has 4 nitrogen and oxygen atoms in total. The zero-order valence-electron chi connectivity index (χ0n) is 11.2. The summed E-state index contributed by atoms with van der Waals surface area (Å²) < 4.78 is 69.5. The zero-order valence-corrected chi connectivity index (χ0v) is 11.2. The maximum atomic E-state index is 12.6. The molecule has 0 aliphatic heterocycles. The number of esters is 2. The molecule has 1 rings (SSSR count). The van der Waals surface area contributed by atoms with Gasteiger partial charge < -0.3 is 9.47 Å². The maximum absolute atomic E-state index is 12.6. The second kappa shape index (κ2) is 6.71. The van der Waals surface area contributed by atoms with Crippen LogP contribution in [0.2, 0.25) is 0 Å². The Morgan fingerprint density at radius 2 is 1.32 bits per heavy atom. The lowest BCUT2D eigenvalue weighted by molar-refractivity contribution is -0.292. The molecule has 0 amide bonds. The van der Waals surface area contributed by atoms with Gasteiger partial charge in [-0.05, 0) is 31.2 Å². The molecule has 9 heteroatoms. The maximum Gasteiger partial charge on any atom is 0.456 e. The van der Waals surface area contributed by atoms with E-state index in [0.717, 1.165) is 24.3 Å². The number of hydrogen-bond donors (Lipinski definition) is 0. The Balaban J connectivity index is 2.69. The molecule has 0 radical (unpaired) electrons. The topological polar surface area (TPSA) is 52.6 Å². The van der Waals surface area contributed by atoms with E-state index in [-0.39, 0.29) is 17.7 Å². The first-order valence-corrected chi connectivity index (χ1v) is 5.97. The molecule has 0 bridgehead atoms. The van der Waals surface area contributed by atoms with Gasteiger partial charge in [-0.2, -0.15) is 22.0 Å². The van der Waals surface area contributed by atoms with Crippen molar-refractivity contribution in [2.45, 2.75) is 19.0 Å². The third kappa shape index (κ3) is 4.40. The average molecular weight is 326 g/mol. The van der Waals surface area contributed by atoms with Crippen LogP contribution in [-0.4, -0.2) is 37.3 Å². The molecule has 0 aliphatic rings. The van der Waals surface area contributed by atoms with Crippen molar-refractivity contribution in [3.63, 3.8) is 0 Å². The first-order valence-electron chi connectivity index (χ1n) is 5.97. The molecule has 0 saturated carbocycles. The molecule has 1 aromatic carbocycles. The SMILES string of the molecule is CCOC(=O)c1ccc(C(=O)OCC(F)(F)C(F)(F)F)cc1. The number of hydrogen-bond acceptors (Lipinski definition) is 4. The fourth-order valence-electron chi connectivity index (χ4n) is 1.28. The fourth-order valence-corrected chi connectivity index (χ4v) is 1.28. The van der Waals surface area contributed by atoms with Crippen LogP contribution in [0.25, 0.3) is 0 Å². The number of rotatable bonds is 5. The van der Waals surface area contributed by atoms with Crippen molar-refractivity contribution >= 4 is 11.9 Å². The van der Waals surface area contributed by atoms with Gasteiger partial charge >= 0.3 is 24.0 Å². The van der Waals surface area contributed by atoms with Crippen LogP contribution in [0.1, 0.15) is 27.6 Å². The van der Waals surface area contributed by atoms with E-state index >= 15 is 0 Å². The Hall–Kier alpha value is -2.19. The molecule has 0 heterocycles. The number of alkyl halides is 5. The molecule has 0 aliphatic carbocycles. The minimum Gasteiger partial charge on any atom is -0.462 e. The third-order valence-electron chi connectivity index (χ3n) is 2.43. The van der Waals surface area contributed by atoms with Gasteiger partial charge in [-0.15, -0.1) is 0 Å². The number of carbonyl (C=O) groups excluding carboxylic acids is 2. The Morgan fingerprint density at radius 1 is 0.909 bits per heavy atom. The summed E-state index contributed by atoms with van der Waals surface area (Å²) in [5, 5.41) is 0. The Kier molecular flexibility index (Phi) is 5.45. The molecule has 122 valence electrons. The summed E-state index contributed by atoms with van der Waals surface area (Å²) in [4.78, 5) is 22.7. The smallest absolute Gasteiger partial charge is 0.456 e. The van der Waals surface area contributed by atoms with Crippen molar-refractivity contribution in [1.29, 1.82) is 0 Å². The predicted octanol–water partition coefficient (Wildman–Crippen LogP) is 3.22. The monoisotopic (exact) mass is 326 g/mol. The summed E-state index contributed by atoms with van der Waals surface area (Å²) in [6.45, 7) is -0.394. The van der Waals surface area contributed by atoms with E-state index in [1.165, 1.54) is 0 Å². The van der Waals surface area contributed by atoms with Crippen LogP contribution < -0.4 is 0 Å². The Bertz CT molecular complexity index is 536. The molecule has 0 unspecified atom stereocenters. The van der Waals surface area contributed by atoms with Gasteiger partial charge in [0.15, 0.2) is 6.61 Å². The van der Waals surface area contributed by atoms with Gasteiger partial charge in [-0.25, -0.2) is 9.59 Å². The van der Waals surface area contributed by atoms with Crippen LogP contribution in [0, 0.1) is 0 Å². The van der Waals surface area contributed by atoms with E-state index in [1.54, 1.807) is 6.92 Å². The summed E-state index contributed by atoms with van der Waals surface area (Å²) in [6.07, 6.45) is -5.80. The number of halogens is 5. The number of ether oxygens (including phenoxy) is 2. The lowest BCUT2D eigenvalue weighted by atomic mass is 10.1. The highest BCUT2D eigenvalue weighted by Crippen LogP contribution is 2.35. The summed E-state index contributed by atoms with van der Waals surface area (Å²) in [5.74, 6) is -7.15. The first kappa shape index (κ1) is 17.9. The van der Waals surface area contributed by atoms with Crippen molar-refractivity contribution in [3.8, 4) is 0 Å². The van der Waals surface area contributed by atoms with Gasteiger partial charge in [0.1, 0.15) is 0 Å². The van der Waals surface area contributed by atoms with Gasteiger partial charge in [0.2, 0.25) is 0 Å². The second-order valence-corrected chi connectivity index (χ2v) is 4.08. The minimum atomic E-state index is -5.80. The highest BCUT2D eigenvalue weighted by Gasteiger charge is 2.58. The third-order valence-corrected chi connectivity index (χ3v) is 2.43. The van der Waals surface area contributed by atoms with E-state index in [2.05, 4.69) is 9.47 Å². The Labute approximate surface area is 121 Å². The van der Waals surface area contributed by atoms with Crippen LogP contribution in [0.3, 0.4) is 0 Å². The van der Waals surface area contributed by atoms with Crippen molar-refractivity contribution < 1.29 is 41.0 Å². The molecule has 22 heavy (non-hydrogen) atoms. The molecule has 0 atom stereocenters. The van der Waals surface area contributed by atoms with E-state index in [9.17, 15) is 31.5 Å². The summed E-state index contributed by atoms with van der Waals surface area (Å²) in [7, 11) is 0. The fraction of sp³-hybridized carbons (Fsp3) is 0.385. The van der Waals surface area contributed by atoms with E-state index in [1.807, 2.05) is 0 Å². The predicted molar refractivity (Wildman–Crippen MR) is 63.7 cm³/mol. The van der Waals surface area contributed by atoms with Crippen LogP contribution in [0.5, 0.6) is 0 Å². The second-order valence-electron chi connectivity index (χ2n) is 4.08. The van der Waals surface area contributed by atoms with Crippen molar-refractivity contribution in [3.05, 3.63) is 35.4 Å². The molecular formula is C13H11F5O4. The lowest BCUT2D eigenvalue weighted by Gasteiger charge is -2.19. The molecule has 0 spiro atoms. The summed E-state index contributed by atoms with van der Waals surface area (Å²) >= 11 is 0. The number of carbonyl (C=O) groups is 2. The van der Waals surface area contributed by atoms with Crippen molar-refractivity contribution in [2.75, 3.05) is 13.2 Å². The molecule has 0 aromatic heterocycles. The van der Waals surface area contributed by atoms with Gasteiger partial charge in [0.05, 0.1) is 17.7 Å². The minimum absolute atomic E-state index is 0.0963. The average Bonchev–Trinajstić information content (AvgIpc) is 2.44. The standard InChI is InChI=1S/C13H11F5O4/c1-2-21-10(19)8-3-5-9(6-4-8)11(20)22-7-12(14,15)13(16,17)18/h3-6H,2,7H2,1H3. The van der Waals surface area contributed by atoms with Gasteiger partial charge in [-0.3, -0.25) is 0 Å². The summed E-state index contributed by atoms with van der Waals surface area (Å²) in [5.41, 5.74) is -0.176. The van der Waals surface area contributed by atoms with Crippen LogP contribution in [-0.2, 0) is 9.47 Å². The first-order chi connectivity index (χ1) is 10.1. The molecule has 0 saturated heterocycles. The van der Waals surface area contributed by atoms with E-state index < -0.39 is 30.6 Å². The van der Waals surface area contributed by atoms with E-state index in [0.29, 0.717) is 0 Å². The Morgan fingerprint density at radius 3 is 1.68 bits per heavy atom. The molecule has 0 fully saturated rings. The highest BCUT2D eigenvalue weighted by molar-refractivity contribution is 5.93. The normalized spacial score (nSPS) is 11.9. The lowest BCUT2D eigenvalue weighted by Crippen LogP contribution is -2.41. The van der Waals surface area contributed by atoms with Crippen molar-refractivity contribution in [2.24, 2.45) is 0 Å². The van der Waals surface area contributed by atoms with Crippen LogP contribution >= 0.6 is 0 Å². The largest absolute Gasteiger partial charge is 0.462 e. The van der Waals surface area contributed by atoms with Crippen LogP contribution in [0.4, 0.5) is 22.0 Å².